The molecule has 1 aromatic carbocycles. The number of aryl methyl sites for hydroxylation is 1. The van der Waals surface area contributed by atoms with Crippen molar-refractivity contribution < 1.29 is 9.59 Å². The Morgan fingerprint density at radius 1 is 1.16 bits per heavy atom. The van der Waals surface area contributed by atoms with Crippen LogP contribution in [0.15, 0.2) is 48.8 Å². The largest absolute Gasteiger partial charge is 0.354 e. The number of carbonyl (C=O) groups excluding carboxylic acids is 2. The first-order valence-corrected chi connectivity index (χ1v) is 8.64. The van der Waals surface area contributed by atoms with Crippen LogP contribution in [0.3, 0.4) is 0 Å². The fourth-order valence-electron chi connectivity index (χ4n) is 2.54. The molecule has 0 aliphatic rings. The molecule has 0 fully saturated rings. The summed E-state index contributed by atoms with van der Waals surface area (Å²) in [6.45, 7) is 5.16. The minimum atomic E-state index is -0.527. The van der Waals surface area contributed by atoms with E-state index in [9.17, 15) is 9.59 Å². The van der Waals surface area contributed by atoms with Crippen molar-refractivity contribution in [1.82, 2.24) is 20.4 Å². The molecule has 2 rings (SSSR count). The third-order valence-corrected chi connectivity index (χ3v) is 3.90. The number of nitrogens with one attached hydrogen (secondary N) is 2. The molecule has 1 aromatic heterocycles. The molecular formula is C19H26N4O2. The molecule has 2 aromatic rings. The Balaban J connectivity index is 1.78. The summed E-state index contributed by atoms with van der Waals surface area (Å²) in [5, 5.41) is 9.87. The second-order valence-corrected chi connectivity index (χ2v) is 6.37. The maximum Gasteiger partial charge on any atom is 0.242 e. The van der Waals surface area contributed by atoms with Crippen molar-refractivity contribution in [2.45, 2.75) is 39.3 Å². The zero-order chi connectivity index (χ0) is 18.1. The lowest BCUT2D eigenvalue weighted by molar-refractivity contribution is -0.129. The first-order valence-electron chi connectivity index (χ1n) is 8.64. The van der Waals surface area contributed by atoms with E-state index in [1.807, 2.05) is 61.1 Å². The summed E-state index contributed by atoms with van der Waals surface area (Å²) in [5.41, 5.74) is 0.933. The molecule has 0 spiro atoms. The Bertz CT molecular complexity index is 653. The van der Waals surface area contributed by atoms with E-state index in [1.54, 1.807) is 6.20 Å². The summed E-state index contributed by atoms with van der Waals surface area (Å²) in [6.07, 6.45) is 4.69. The van der Waals surface area contributed by atoms with Gasteiger partial charge in [0.15, 0.2) is 0 Å². The monoisotopic (exact) mass is 342 g/mol. The molecule has 0 unspecified atom stereocenters. The van der Waals surface area contributed by atoms with Crippen LogP contribution in [0.25, 0.3) is 0 Å². The summed E-state index contributed by atoms with van der Waals surface area (Å²) in [7, 11) is 0. The fourth-order valence-corrected chi connectivity index (χ4v) is 2.54. The molecule has 0 saturated heterocycles. The number of aromatic nitrogens is 2. The van der Waals surface area contributed by atoms with E-state index >= 15 is 0 Å². The molecule has 134 valence electrons. The van der Waals surface area contributed by atoms with Crippen LogP contribution in [0.1, 0.15) is 25.8 Å². The molecule has 2 amide bonds. The fraction of sp³-hybridized carbons (Fsp3) is 0.421. The summed E-state index contributed by atoms with van der Waals surface area (Å²) in [5.74, 6) is -0.265. The minimum Gasteiger partial charge on any atom is -0.354 e. The molecule has 0 bridgehead atoms. The first-order chi connectivity index (χ1) is 12.1. The number of nitrogens with zero attached hydrogens (tertiary/aromatic N) is 2. The average Bonchev–Trinajstić information content (AvgIpc) is 3.10. The van der Waals surface area contributed by atoms with Gasteiger partial charge in [0.25, 0.3) is 0 Å². The van der Waals surface area contributed by atoms with E-state index in [4.69, 9.17) is 0 Å². The Hall–Kier alpha value is -2.63. The van der Waals surface area contributed by atoms with Gasteiger partial charge in [-0.3, -0.25) is 14.3 Å². The Kier molecular flexibility index (Phi) is 7.19. The van der Waals surface area contributed by atoms with Gasteiger partial charge >= 0.3 is 0 Å². The number of carbonyl (C=O) groups is 2. The van der Waals surface area contributed by atoms with Gasteiger partial charge in [-0.15, -0.1) is 0 Å². The highest BCUT2D eigenvalue weighted by Gasteiger charge is 2.23. The average molecular weight is 342 g/mol. The first kappa shape index (κ1) is 18.7. The lowest BCUT2D eigenvalue weighted by atomic mass is 10.0. The number of amides is 2. The molecule has 2 N–H and O–H groups in total. The normalized spacial score (nSPS) is 12.0. The highest BCUT2D eigenvalue weighted by molar-refractivity contribution is 5.88. The molecule has 0 aliphatic heterocycles. The second kappa shape index (κ2) is 9.61. The molecule has 0 radical (unpaired) electrons. The van der Waals surface area contributed by atoms with E-state index < -0.39 is 6.04 Å². The maximum absolute atomic E-state index is 12.4. The molecule has 6 heteroatoms. The van der Waals surface area contributed by atoms with Crippen LogP contribution in [0.4, 0.5) is 0 Å². The summed E-state index contributed by atoms with van der Waals surface area (Å²) >= 11 is 0. The quantitative estimate of drug-likeness (QED) is 0.682. The Labute approximate surface area is 148 Å². The van der Waals surface area contributed by atoms with Crippen molar-refractivity contribution in [3.63, 3.8) is 0 Å². The molecule has 6 nitrogen and oxygen atoms in total. The smallest absolute Gasteiger partial charge is 0.242 e. The number of rotatable bonds is 9. The predicted octanol–water partition coefficient (Wildman–Crippen LogP) is 1.77. The molecule has 1 atom stereocenters. The van der Waals surface area contributed by atoms with E-state index in [1.165, 1.54) is 0 Å². The van der Waals surface area contributed by atoms with Gasteiger partial charge in [0, 0.05) is 25.5 Å². The lowest BCUT2D eigenvalue weighted by Gasteiger charge is -2.21. The van der Waals surface area contributed by atoms with Crippen molar-refractivity contribution in [2.24, 2.45) is 5.92 Å². The van der Waals surface area contributed by atoms with Gasteiger partial charge < -0.3 is 10.6 Å². The van der Waals surface area contributed by atoms with Crippen molar-refractivity contribution >= 4 is 11.8 Å². The third-order valence-electron chi connectivity index (χ3n) is 3.90. The van der Waals surface area contributed by atoms with Crippen LogP contribution in [0.5, 0.6) is 0 Å². The van der Waals surface area contributed by atoms with E-state index in [0.29, 0.717) is 6.54 Å². The van der Waals surface area contributed by atoms with E-state index in [-0.39, 0.29) is 24.2 Å². The maximum atomic E-state index is 12.4. The molecule has 0 saturated carbocycles. The van der Waals surface area contributed by atoms with Crippen LogP contribution in [-0.2, 0) is 22.6 Å². The summed E-state index contributed by atoms with van der Waals surface area (Å²) in [6, 6.07) is 10.9. The molecule has 0 aliphatic carbocycles. The van der Waals surface area contributed by atoms with Gasteiger partial charge in [0.1, 0.15) is 6.04 Å². The van der Waals surface area contributed by atoms with Crippen LogP contribution < -0.4 is 10.6 Å². The van der Waals surface area contributed by atoms with Gasteiger partial charge in [-0.05, 0) is 24.0 Å². The SMILES string of the molecule is CC(C)[C@H](NC(=O)Cc1ccccc1)C(=O)NCCCn1cccn1. The number of benzene rings is 1. The molecule has 1 heterocycles. The van der Waals surface area contributed by atoms with Crippen LogP contribution >= 0.6 is 0 Å². The lowest BCUT2D eigenvalue weighted by Crippen LogP contribution is -2.50. The highest BCUT2D eigenvalue weighted by Crippen LogP contribution is 2.04. The molecule has 25 heavy (non-hydrogen) atoms. The molecular weight excluding hydrogens is 316 g/mol. The van der Waals surface area contributed by atoms with E-state index in [0.717, 1.165) is 18.5 Å². The highest BCUT2D eigenvalue weighted by atomic mass is 16.2. The Morgan fingerprint density at radius 3 is 2.56 bits per heavy atom. The van der Waals surface area contributed by atoms with Crippen molar-refractivity contribution in [3.05, 3.63) is 54.4 Å². The van der Waals surface area contributed by atoms with Gasteiger partial charge in [-0.25, -0.2) is 0 Å². The van der Waals surface area contributed by atoms with Crippen molar-refractivity contribution in [1.29, 1.82) is 0 Å². The minimum absolute atomic E-state index is 0.0193. The van der Waals surface area contributed by atoms with Crippen molar-refractivity contribution in [2.75, 3.05) is 6.54 Å². The topological polar surface area (TPSA) is 76.0 Å². The van der Waals surface area contributed by atoms with Crippen molar-refractivity contribution in [3.8, 4) is 0 Å². The standard InChI is InChI=1S/C19H26N4O2/c1-15(2)18(22-17(24)14-16-8-4-3-5-9-16)19(25)20-10-6-12-23-13-7-11-21-23/h3-5,7-9,11,13,15,18H,6,10,12,14H2,1-2H3,(H,20,25)(H,22,24)/t18-/m0/s1. The van der Waals surface area contributed by atoms with E-state index in [2.05, 4.69) is 15.7 Å². The van der Waals surface area contributed by atoms with Gasteiger partial charge in [-0.1, -0.05) is 44.2 Å². The van der Waals surface area contributed by atoms with Crippen LogP contribution in [0, 0.1) is 5.92 Å². The van der Waals surface area contributed by atoms with Gasteiger partial charge in [0.2, 0.25) is 11.8 Å². The van der Waals surface area contributed by atoms with Crippen LogP contribution in [-0.4, -0.2) is 34.2 Å². The predicted molar refractivity (Wildman–Crippen MR) is 96.8 cm³/mol. The number of hydrogen-bond donors (Lipinski definition) is 2. The second-order valence-electron chi connectivity index (χ2n) is 6.37. The van der Waals surface area contributed by atoms with Gasteiger partial charge in [0.05, 0.1) is 6.42 Å². The third kappa shape index (κ3) is 6.41. The van der Waals surface area contributed by atoms with Crippen LogP contribution in [0.2, 0.25) is 0 Å². The number of hydrogen-bond acceptors (Lipinski definition) is 3. The zero-order valence-corrected chi connectivity index (χ0v) is 14.8. The van der Waals surface area contributed by atoms with Gasteiger partial charge in [-0.2, -0.15) is 5.10 Å². The summed E-state index contributed by atoms with van der Waals surface area (Å²) in [4.78, 5) is 24.6. The zero-order valence-electron chi connectivity index (χ0n) is 14.8. The summed E-state index contributed by atoms with van der Waals surface area (Å²) < 4.78 is 1.83. The Morgan fingerprint density at radius 2 is 1.92 bits per heavy atom.